The Hall–Kier alpha value is -2.11. The Kier molecular flexibility index (Phi) is 9.60. The van der Waals surface area contributed by atoms with Gasteiger partial charge in [-0.05, 0) is 84.7 Å². The number of aromatic nitrogens is 3. The van der Waals surface area contributed by atoms with Crippen LogP contribution in [0.3, 0.4) is 0 Å². The number of nitrogens with zero attached hydrogens (tertiary/aromatic N) is 3. The molecule has 0 spiro atoms. The molecule has 2 amide bonds. The van der Waals surface area contributed by atoms with Crippen molar-refractivity contribution in [1.29, 1.82) is 0 Å². The number of hydrogen-bond donors (Lipinski definition) is 2. The van der Waals surface area contributed by atoms with E-state index in [1.54, 1.807) is 24.3 Å². The minimum atomic E-state index is -0.369. The summed E-state index contributed by atoms with van der Waals surface area (Å²) in [6.07, 6.45) is 0. The summed E-state index contributed by atoms with van der Waals surface area (Å²) in [5, 5.41) is 15.8. The topological polar surface area (TPSA) is 88.9 Å². The fourth-order valence-electron chi connectivity index (χ4n) is 3.74. The van der Waals surface area contributed by atoms with Crippen LogP contribution in [0.5, 0.6) is 0 Å². The molecule has 1 heterocycles. The molecule has 2 aromatic carbocycles. The summed E-state index contributed by atoms with van der Waals surface area (Å²) in [7, 11) is 0. The van der Waals surface area contributed by atoms with Crippen molar-refractivity contribution in [1.82, 2.24) is 20.1 Å². The Morgan fingerprint density at radius 2 is 1.80 bits per heavy atom. The maximum absolute atomic E-state index is 12.9. The van der Waals surface area contributed by atoms with Crippen LogP contribution in [-0.4, -0.2) is 32.3 Å². The number of halogens is 2. The molecule has 0 aliphatic rings. The molecule has 10 heteroatoms. The van der Waals surface area contributed by atoms with Gasteiger partial charge in [0.1, 0.15) is 0 Å². The largest absolute Gasteiger partial charge is 0.342 e. The van der Waals surface area contributed by atoms with Crippen molar-refractivity contribution in [3.05, 3.63) is 67.5 Å². The van der Waals surface area contributed by atoms with Gasteiger partial charge in [-0.15, -0.1) is 10.2 Å². The molecule has 1 aromatic heterocycles. The molecule has 0 fully saturated rings. The zero-order chi connectivity index (χ0) is 25.7. The molecule has 2 N–H and O–H groups in total. The third kappa shape index (κ3) is 6.77. The van der Waals surface area contributed by atoms with Crippen LogP contribution in [0, 0.1) is 23.3 Å². The fourth-order valence-corrected chi connectivity index (χ4v) is 5.71. The third-order valence-electron chi connectivity index (χ3n) is 5.51. The third-order valence-corrected chi connectivity index (χ3v) is 7.43. The minimum absolute atomic E-state index is 0.0592. The number of rotatable bonds is 9. The van der Waals surface area contributed by atoms with Gasteiger partial charge in [-0.2, -0.15) is 0 Å². The number of nitrogens with one attached hydrogen (secondary N) is 2. The summed E-state index contributed by atoms with van der Waals surface area (Å²) in [5.74, 6) is 0.527. The number of thioether (sulfide) groups is 1. The molecular formula is C25H29ClIN5O2S. The summed E-state index contributed by atoms with van der Waals surface area (Å²) in [5.41, 5.74) is 3.31. The molecule has 35 heavy (non-hydrogen) atoms. The van der Waals surface area contributed by atoms with E-state index in [-0.39, 0.29) is 29.5 Å². The van der Waals surface area contributed by atoms with Gasteiger partial charge in [0.2, 0.25) is 5.91 Å². The van der Waals surface area contributed by atoms with Crippen molar-refractivity contribution in [2.45, 2.75) is 52.4 Å². The second kappa shape index (κ2) is 12.2. The number of aryl methyl sites for hydroxylation is 2. The monoisotopic (exact) mass is 625 g/mol. The summed E-state index contributed by atoms with van der Waals surface area (Å²) < 4.78 is 3.08. The molecule has 3 aromatic rings. The second-order valence-corrected chi connectivity index (χ2v) is 11.1. The van der Waals surface area contributed by atoms with Gasteiger partial charge in [0, 0.05) is 15.8 Å². The van der Waals surface area contributed by atoms with Gasteiger partial charge in [-0.3, -0.25) is 9.59 Å². The fraction of sp³-hybridized carbons (Fsp3) is 0.360. The van der Waals surface area contributed by atoms with E-state index in [9.17, 15) is 9.59 Å². The maximum Gasteiger partial charge on any atom is 0.253 e. The number of anilines is 1. The highest BCUT2D eigenvalue weighted by atomic mass is 127. The normalized spacial score (nSPS) is 12.0. The van der Waals surface area contributed by atoms with Crippen LogP contribution in [0.15, 0.2) is 41.6 Å². The number of carbonyl (C=O) groups excluding carboxylic acids is 2. The number of hydrogen-bond acceptors (Lipinski definition) is 5. The first kappa shape index (κ1) is 27.5. The molecule has 186 valence electrons. The first-order valence-electron chi connectivity index (χ1n) is 11.3. The van der Waals surface area contributed by atoms with Gasteiger partial charge in [0.15, 0.2) is 11.0 Å². The zero-order valence-corrected chi connectivity index (χ0v) is 24.1. The standard InChI is InChI=1S/C25H29ClIN5O2S/c1-6-32-23(21(14(2)3)29-24(34)18-9-7-8-10-19(18)26)30-31-25(32)35-13-20(33)28-22-15(4)11-17(27)12-16(22)5/h7-12,14,21H,6,13H2,1-5H3,(H,28,33)(H,29,34)/t21-/m1/s1. The lowest BCUT2D eigenvalue weighted by Crippen LogP contribution is -2.34. The number of amides is 2. The van der Waals surface area contributed by atoms with Gasteiger partial charge in [-0.1, -0.05) is 49.3 Å². The molecule has 1 atom stereocenters. The highest BCUT2D eigenvalue weighted by Crippen LogP contribution is 2.27. The highest BCUT2D eigenvalue weighted by Gasteiger charge is 2.27. The predicted molar refractivity (Wildman–Crippen MR) is 150 cm³/mol. The Morgan fingerprint density at radius 3 is 2.40 bits per heavy atom. The van der Waals surface area contributed by atoms with Crippen molar-refractivity contribution in [2.75, 3.05) is 11.1 Å². The van der Waals surface area contributed by atoms with E-state index >= 15 is 0 Å². The van der Waals surface area contributed by atoms with E-state index in [1.807, 2.05) is 51.3 Å². The lowest BCUT2D eigenvalue weighted by atomic mass is 10.0. The van der Waals surface area contributed by atoms with Crippen molar-refractivity contribution in [3.63, 3.8) is 0 Å². The number of carbonyl (C=O) groups is 2. The average molecular weight is 626 g/mol. The van der Waals surface area contributed by atoms with Crippen LogP contribution in [0.1, 0.15) is 54.1 Å². The second-order valence-electron chi connectivity index (χ2n) is 8.51. The molecule has 0 radical (unpaired) electrons. The lowest BCUT2D eigenvalue weighted by Gasteiger charge is -2.22. The van der Waals surface area contributed by atoms with Crippen LogP contribution in [0.2, 0.25) is 5.02 Å². The molecule has 0 unspecified atom stereocenters. The van der Waals surface area contributed by atoms with E-state index in [0.29, 0.717) is 28.1 Å². The van der Waals surface area contributed by atoms with Crippen LogP contribution in [-0.2, 0) is 11.3 Å². The summed E-state index contributed by atoms with van der Waals surface area (Å²) in [4.78, 5) is 25.6. The van der Waals surface area contributed by atoms with Gasteiger partial charge < -0.3 is 15.2 Å². The van der Waals surface area contributed by atoms with Crippen LogP contribution >= 0.6 is 46.0 Å². The molecule has 7 nitrogen and oxygen atoms in total. The van der Waals surface area contributed by atoms with Crippen LogP contribution in [0.4, 0.5) is 5.69 Å². The minimum Gasteiger partial charge on any atom is -0.342 e. The van der Waals surface area contributed by atoms with E-state index in [0.717, 1.165) is 20.4 Å². The predicted octanol–water partition coefficient (Wildman–Crippen LogP) is 6.03. The lowest BCUT2D eigenvalue weighted by molar-refractivity contribution is -0.113. The van der Waals surface area contributed by atoms with Crippen molar-refractivity contribution in [2.24, 2.45) is 5.92 Å². The Morgan fingerprint density at radius 1 is 1.14 bits per heavy atom. The maximum atomic E-state index is 12.9. The van der Waals surface area contributed by atoms with Gasteiger partial charge in [0.05, 0.1) is 22.4 Å². The van der Waals surface area contributed by atoms with Crippen molar-refractivity contribution >= 4 is 63.5 Å². The molecule has 0 saturated heterocycles. The first-order chi connectivity index (χ1) is 16.6. The Labute approximate surface area is 228 Å². The molecular weight excluding hydrogens is 597 g/mol. The molecule has 3 rings (SSSR count). The van der Waals surface area contributed by atoms with E-state index in [1.165, 1.54) is 11.8 Å². The van der Waals surface area contributed by atoms with Gasteiger partial charge in [0.25, 0.3) is 5.91 Å². The molecule has 0 bridgehead atoms. The van der Waals surface area contributed by atoms with Crippen molar-refractivity contribution < 1.29 is 9.59 Å². The number of benzene rings is 2. The van der Waals surface area contributed by atoms with E-state index < -0.39 is 0 Å². The summed E-state index contributed by atoms with van der Waals surface area (Å²) in [6, 6.07) is 10.7. The molecule has 0 aliphatic carbocycles. The van der Waals surface area contributed by atoms with E-state index in [2.05, 4.69) is 43.4 Å². The van der Waals surface area contributed by atoms with Crippen LogP contribution < -0.4 is 10.6 Å². The van der Waals surface area contributed by atoms with Crippen LogP contribution in [0.25, 0.3) is 0 Å². The van der Waals surface area contributed by atoms with Gasteiger partial charge in [-0.25, -0.2) is 0 Å². The summed E-state index contributed by atoms with van der Waals surface area (Å²) >= 11 is 9.80. The quantitative estimate of drug-likeness (QED) is 0.224. The zero-order valence-electron chi connectivity index (χ0n) is 20.4. The first-order valence-corrected chi connectivity index (χ1v) is 13.7. The SMILES string of the molecule is CCn1c(SCC(=O)Nc2c(C)cc(I)cc2C)nnc1[C@H](NC(=O)c1ccccc1Cl)C(C)C. The smallest absolute Gasteiger partial charge is 0.253 e. The van der Waals surface area contributed by atoms with Gasteiger partial charge >= 0.3 is 0 Å². The highest BCUT2D eigenvalue weighted by molar-refractivity contribution is 14.1. The Balaban J connectivity index is 1.74. The molecule has 0 aliphatic heterocycles. The van der Waals surface area contributed by atoms with E-state index in [4.69, 9.17) is 11.6 Å². The summed E-state index contributed by atoms with van der Waals surface area (Å²) in [6.45, 7) is 10.6. The van der Waals surface area contributed by atoms with Crippen molar-refractivity contribution in [3.8, 4) is 0 Å². The average Bonchev–Trinajstić information content (AvgIpc) is 3.20. The Bertz CT molecular complexity index is 1210. The molecule has 0 saturated carbocycles.